The van der Waals surface area contributed by atoms with Gasteiger partial charge in [-0.05, 0) is 20.3 Å². The minimum Gasteiger partial charge on any atom is -0.383 e. The van der Waals surface area contributed by atoms with Crippen LogP contribution in [-0.4, -0.2) is 22.2 Å². The van der Waals surface area contributed by atoms with E-state index in [4.69, 9.17) is 5.73 Å². The number of aromatic nitrogens is 2. The molecule has 1 aromatic rings. The summed E-state index contributed by atoms with van der Waals surface area (Å²) >= 11 is 0. The Morgan fingerprint density at radius 2 is 2.31 bits per heavy atom. The van der Waals surface area contributed by atoms with Crippen LogP contribution < -0.4 is 11.1 Å². The summed E-state index contributed by atoms with van der Waals surface area (Å²) < 4.78 is 1.65. The lowest BCUT2D eigenvalue weighted by atomic mass is 10.3. The van der Waals surface area contributed by atoms with Crippen molar-refractivity contribution in [3.63, 3.8) is 0 Å². The summed E-state index contributed by atoms with van der Waals surface area (Å²) in [6, 6.07) is 0.164. The maximum absolute atomic E-state index is 11.7. The molecule has 0 saturated heterocycles. The molecule has 90 valence electrons. The van der Waals surface area contributed by atoms with Crippen LogP contribution in [0.4, 0.5) is 5.82 Å². The highest BCUT2D eigenvalue weighted by Gasteiger charge is 2.15. The van der Waals surface area contributed by atoms with Crippen molar-refractivity contribution < 1.29 is 4.79 Å². The molecule has 0 bridgehead atoms. The number of hydrogen-bond acceptors (Lipinski definition) is 3. The molecule has 1 heterocycles. The Hall–Kier alpha value is -1.52. The number of anilines is 1. The third-order valence-corrected chi connectivity index (χ3v) is 2.38. The molecule has 0 radical (unpaired) electrons. The number of carbonyl (C=O) groups is 1. The average molecular weight is 224 g/mol. The molecule has 1 rings (SSSR count). The Balaban J connectivity index is 2.69. The van der Waals surface area contributed by atoms with Crippen LogP contribution in [0.3, 0.4) is 0 Å². The normalized spacial score (nSPS) is 10.8. The molecule has 1 aromatic heterocycles. The Bertz CT molecular complexity index is 357. The zero-order valence-electron chi connectivity index (χ0n) is 10.2. The summed E-state index contributed by atoms with van der Waals surface area (Å²) in [5, 5.41) is 6.92. The van der Waals surface area contributed by atoms with Crippen LogP contribution in [0.5, 0.6) is 0 Å². The van der Waals surface area contributed by atoms with Gasteiger partial charge in [0.25, 0.3) is 5.91 Å². The molecule has 0 aliphatic rings. The summed E-state index contributed by atoms with van der Waals surface area (Å²) in [7, 11) is 0. The number of hydrogen-bond donors (Lipinski definition) is 2. The van der Waals surface area contributed by atoms with E-state index in [0.717, 1.165) is 12.8 Å². The maximum atomic E-state index is 11.7. The topological polar surface area (TPSA) is 72.9 Å². The standard InChI is InChI=1S/C11H20N4O/c1-4-5-6-13-11(16)9-7-14-15(8(2)3)10(9)12/h7-8H,4-6,12H2,1-3H3,(H,13,16). The first-order chi connectivity index (χ1) is 7.57. The molecule has 0 spiro atoms. The van der Waals surface area contributed by atoms with Crippen molar-refractivity contribution >= 4 is 11.7 Å². The van der Waals surface area contributed by atoms with Gasteiger partial charge in [0.1, 0.15) is 11.4 Å². The molecule has 5 heteroatoms. The molecule has 0 fully saturated rings. The average Bonchev–Trinajstić information content (AvgIpc) is 2.60. The minimum absolute atomic E-state index is 0.141. The first-order valence-corrected chi connectivity index (χ1v) is 5.69. The first kappa shape index (κ1) is 12.5. The van der Waals surface area contributed by atoms with Gasteiger partial charge in [0, 0.05) is 12.6 Å². The van der Waals surface area contributed by atoms with Gasteiger partial charge in [-0.1, -0.05) is 13.3 Å². The number of unbranched alkanes of at least 4 members (excludes halogenated alkanes) is 1. The monoisotopic (exact) mass is 224 g/mol. The molecular formula is C11H20N4O. The predicted octanol–water partition coefficient (Wildman–Crippen LogP) is 1.58. The Labute approximate surface area is 96.0 Å². The van der Waals surface area contributed by atoms with Crippen LogP contribution in [0.25, 0.3) is 0 Å². The highest BCUT2D eigenvalue weighted by Crippen LogP contribution is 2.15. The number of rotatable bonds is 5. The third kappa shape index (κ3) is 2.74. The zero-order chi connectivity index (χ0) is 12.1. The van der Waals surface area contributed by atoms with Crippen molar-refractivity contribution in [2.75, 3.05) is 12.3 Å². The molecule has 16 heavy (non-hydrogen) atoms. The lowest BCUT2D eigenvalue weighted by Crippen LogP contribution is -2.25. The van der Waals surface area contributed by atoms with Gasteiger partial charge >= 0.3 is 0 Å². The van der Waals surface area contributed by atoms with Gasteiger partial charge in [-0.15, -0.1) is 0 Å². The third-order valence-electron chi connectivity index (χ3n) is 2.38. The fraction of sp³-hybridized carbons (Fsp3) is 0.636. The van der Waals surface area contributed by atoms with E-state index >= 15 is 0 Å². The summed E-state index contributed by atoms with van der Waals surface area (Å²) in [4.78, 5) is 11.7. The van der Waals surface area contributed by atoms with Crippen molar-refractivity contribution in [2.45, 2.75) is 39.7 Å². The molecule has 0 saturated carbocycles. The second kappa shape index (κ2) is 5.53. The highest BCUT2D eigenvalue weighted by atomic mass is 16.1. The molecule has 0 aromatic carbocycles. The second-order valence-electron chi connectivity index (χ2n) is 4.09. The summed E-state index contributed by atoms with van der Waals surface area (Å²) in [5.41, 5.74) is 6.31. The second-order valence-corrected chi connectivity index (χ2v) is 4.09. The fourth-order valence-corrected chi connectivity index (χ4v) is 1.43. The predicted molar refractivity (Wildman–Crippen MR) is 64.3 cm³/mol. The number of nitrogen functional groups attached to an aromatic ring is 1. The minimum atomic E-state index is -0.141. The lowest BCUT2D eigenvalue weighted by molar-refractivity contribution is 0.0954. The van der Waals surface area contributed by atoms with Crippen molar-refractivity contribution in [3.05, 3.63) is 11.8 Å². The van der Waals surface area contributed by atoms with Crippen LogP contribution in [0.2, 0.25) is 0 Å². The quantitative estimate of drug-likeness (QED) is 0.746. The summed E-state index contributed by atoms with van der Waals surface area (Å²) in [6.07, 6.45) is 3.56. The van der Waals surface area contributed by atoms with E-state index in [1.807, 2.05) is 13.8 Å². The van der Waals surface area contributed by atoms with Gasteiger partial charge in [0.05, 0.1) is 6.20 Å². The fourth-order valence-electron chi connectivity index (χ4n) is 1.43. The van der Waals surface area contributed by atoms with Gasteiger partial charge < -0.3 is 11.1 Å². The van der Waals surface area contributed by atoms with Crippen molar-refractivity contribution in [2.24, 2.45) is 0 Å². The summed E-state index contributed by atoms with van der Waals surface area (Å²) in [6.45, 7) is 6.71. The van der Waals surface area contributed by atoms with Gasteiger partial charge in [-0.3, -0.25) is 4.79 Å². The smallest absolute Gasteiger partial charge is 0.256 e. The largest absolute Gasteiger partial charge is 0.383 e. The van der Waals surface area contributed by atoms with Crippen LogP contribution in [0, 0.1) is 0 Å². The zero-order valence-corrected chi connectivity index (χ0v) is 10.2. The molecule has 0 aliphatic heterocycles. The lowest BCUT2D eigenvalue weighted by Gasteiger charge is -2.08. The molecule has 5 nitrogen and oxygen atoms in total. The van der Waals surface area contributed by atoms with E-state index in [9.17, 15) is 4.79 Å². The van der Waals surface area contributed by atoms with Crippen LogP contribution in [0.15, 0.2) is 6.20 Å². The van der Waals surface area contributed by atoms with E-state index in [0.29, 0.717) is 17.9 Å². The Kier molecular flexibility index (Phi) is 4.34. The number of nitrogens with zero attached hydrogens (tertiary/aromatic N) is 2. The van der Waals surface area contributed by atoms with Gasteiger partial charge in [0.2, 0.25) is 0 Å². The molecule has 0 atom stereocenters. The van der Waals surface area contributed by atoms with Gasteiger partial charge in [-0.2, -0.15) is 5.10 Å². The van der Waals surface area contributed by atoms with E-state index < -0.39 is 0 Å². The van der Waals surface area contributed by atoms with Crippen LogP contribution in [0.1, 0.15) is 50.0 Å². The van der Waals surface area contributed by atoms with E-state index in [-0.39, 0.29) is 11.9 Å². The van der Waals surface area contributed by atoms with Gasteiger partial charge in [0.15, 0.2) is 0 Å². The van der Waals surface area contributed by atoms with Crippen molar-refractivity contribution in [3.8, 4) is 0 Å². The van der Waals surface area contributed by atoms with E-state index in [2.05, 4.69) is 17.3 Å². The Morgan fingerprint density at radius 1 is 1.62 bits per heavy atom. The highest BCUT2D eigenvalue weighted by molar-refractivity contribution is 5.98. The molecule has 0 unspecified atom stereocenters. The van der Waals surface area contributed by atoms with Crippen LogP contribution >= 0.6 is 0 Å². The number of nitrogens with two attached hydrogens (primary N) is 1. The number of amides is 1. The molecule has 3 N–H and O–H groups in total. The summed E-state index contributed by atoms with van der Waals surface area (Å²) in [5.74, 6) is 0.293. The van der Waals surface area contributed by atoms with Gasteiger partial charge in [-0.25, -0.2) is 4.68 Å². The number of nitrogens with one attached hydrogen (secondary N) is 1. The molecule has 0 aliphatic carbocycles. The molecular weight excluding hydrogens is 204 g/mol. The first-order valence-electron chi connectivity index (χ1n) is 5.69. The van der Waals surface area contributed by atoms with Crippen molar-refractivity contribution in [1.29, 1.82) is 0 Å². The Morgan fingerprint density at radius 3 is 2.81 bits per heavy atom. The SMILES string of the molecule is CCCCNC(=O)c1cnn(C(C)C)c1N. The van der Waals surface area contributed by atoms with Crippen LogP contribution in [-0.2, 0) is 0 Å². The van der Waals surface area contributed by atoms with E-state index in [1.54, 1.807) is 4.68 Å². The van der Waals surface area contributed by atoms with Crippen molar-refractivity contribution in [1.82, 2.24) is 15.1 Å². The number of carbonyl (C=O) groups excluding carboxylic acids is 1. The molecule has 1 amide bonds. The maximum Gasteiger partial charge on any atom is 0.256 e. The van der Waals surface area contributed by atoms with E-state index in [1.165, 1.54) is 6.20 Å².